The molecule has 1 aromatic carbocycles. The number of benzene rings is 1. The van der Waals surface area contributed by atoms with Crippen LogP contribution in [-0.4, -0.2) is 23.7 Å². The SMILES string of the molecule is CNC(Cc1nccn1C)c1ccccc1OC. The first kappa shape index (κ1) is 12.6. The molecule has 1 heterocycles. The van der Waals surface area contributed by atoms with Crippen molar-refractivity contribution in [2.75, 3.05) is 14.2 Å². The average molecular weight is 245 g/mol. The Morgan fingerprint density at radius 3 is 2.78 bits per heavy atom. The Kier molecular flexibility index (Phi) is 3.99. The molecule has 4 heteroatoms. The number of hydrogen-bond acceptors (Lipinski definition) is 3. The topological polar surface area (TPSA) is 39.1 Å². The van der Waals surface area contributed by atoms with Crippen LogP contribution in [0.2, 0.25) is 0 Å². The minimum Gasteiger partial charge on any atom is -0.496 e. The molecule has 0 saturated heterocycles. The normalized spacial score (nSPS) is 12.4. The molecule has 2 aromatic rings. The maximum absolute atomic E-state index is 5.41. The first-order valence-electron chi connectivity index (χ1n) is 6.02. The molecule has 1 atom stereocenters. The molecular formula is C14H19N3O. The summed E-state index contributed by atoms with van der Waals surface area (Å²) in [4.78, 5) is 4.37. The Morgan fingerprint density at radius 1 is 1.39 bits per heavy atom. The van der Waals surface area contributed by atoms with Crippen molar-refractivity contribution in [1.82, 2.24) is 14.9 Å². The van der Waals surface area contributed by atoms with Crippen molar-refractivity contribution in [1.29, 1.82) is 0 Å². The molecule has 18 heavy (non-hydrogen) atoms. The summed E-state index contributed by atoms with van der Waals surface area (Å²) < 4.78 is 7.45. The Hall–Kier alpha value is -1.81. The van der Waals surface area contributed by atoms with Crippen molar-refractivity contribution < 1.29 is 4.74 Å². The van der Waals surface area contributed by atoms with Gasteiger partial charge in [-0.05, 0) is 13.1 Å². The first-order valence-corrected chi connectivity index (χ1v) is 6.02. The van der Waals surface area contributed by atoms with Crippen molar-refractivity contribution in [3.05, 3.63) is 48.0 Å². The van der Waals surface area contributed by atoms with Gasteiger partial charge < -0.3 is 14.6 Å². The minimum atomic E-state index is 0.197. The predicted molar refractivity (Wildman–Crippen MR) is 71.7 cm³/mol. The van der Waals surface area contributed by atoms with Gasteiger partial charge in [-0.1, -0.05) is 18.2 Å². The van der Waals surface area contributed by atoms with Crippen LogP contribution in [-0.2, 0) is 13.5 Å². The Labute approximate surface area is 108 Å². The summed E-state index contributed by atoms with van der Waals surface area (Å²) in [5.41, 5.74) is 1.16. The van der Waals surface area contributed by atoms with E-state index in [9.17, 15) is 0 Å². The number of methoxy groups -OCH3 is 1. The molecule has 1 N–H and O–H groups in total. The van der Waals surface area contributed by atoms with Gasteiger partial charge in [-0.3, -0.25) is 0 Å². The molecular weight excluding hydrogens is 226 g/mol. The fourth-order valence-corrected chi connectivity index (χ4v) is 2.10. The van der Waals surface area contributed by atoms with Gasteiger partial charge in [0.05, 0.1) is 7.11 Å². The highest BCUT2D eigenvalue weighted by molar-refractivity contribution is 5.36. The summed E-state index contributed by atoms with van der Waals surface area (Å²) in [6.07, 6.45) is 4.62. The number of nitrogens with zero attached hydrogens (tertiary/aromatic N) is 2. The molecule has 0 bridgehead atoms. The lowest BCUT2D eigenvalue weighted by Gasteiger charge is -2.19. The highest BCUT2D eigenvalue weighted by Crippen LogP contribution is 2.26. The van der Waals surface area contributed by atoms with E-state index in [0.717, 1.165) is 23.6 Å². The highest BCUT2D eigenvalue weighted by atomic mass is 16.5. The van der Waals surface area contributed by atoms with Crippen molar-refractivity contribution in [3.63, 3.8) is 0 Å². The molecule has 4 nitrogen and oxygen atoms in total. The molecule has 0 aliphatic heterocycles. The maximum Gasteiger partial charge on any atom is 0.123 e. The van der Waals surface area contributed by atoms with Crippen LogP contribution in [0.15, 0.2) is 36.7 Å². The number of aromatic nitrogens is 2. The Bertz CT molecular complexity index is 507. The van der Waals surface area contributed by atoms with Crippen molar-refractivity contribution in [3.8, 4) is 5.75 Å². The standard InChI is InChI=1S/C14H19N3O/c1-15-12(10-14-16-8-9-17(14)2)11-6-4-5-7-13(11)18-3/h4-9,12,15H,10H2,1-3H3. The number of likely N-dealkylation sites (N-methyl/N-ethyl adjacent to an activating group) is 1. The van der Waals surface area contributed by atoms with Gasteiger partial charge in [0, 0.05) is 37.5 Å². The van der Waals surface area contributed by atoms with E-state index in [-0.39, 0.29) is 6.04 Å². The van der Waals surface area contributed by atoms with Crippen LogP contribution in [0.1, 0.15) is 17.4 Å². The van der Waals surface area contributed by atoms with Gasteiger partial charge in [-0.25, -0.2) is 4.98 Å². The molecule has 0 spiro atoms. The van der Waals surface area contributed by atoms with E-state index >= 15 is 0 Å². The third-order valence-electron chi connectivity index (χ3n) is 3.17. The third kappa shape index (κ3) is 2.54. The average Bonchev–Trinajstić information content (AvgIpc) is 2.81. The summed E-state index contributed by atoms with van der Waals surface area (Å²) in [6.45, 7) is 0. The Balaban J connectivity index is 2.25. The molecule has 0 amide bonds. The number of rotatable bonds is 5. The van der Waals surface area contributed by atoms with Crippen LogP contribution in [0, 0.1) is 0 Å². The number of hydrogen-bond donors (Lipinski definition) is 1. The van der Waals surface area contributed by atoms with Gasteiger partial charge in [0.15, 0.2) is 0 Å². The van der Waals surface area contributed by atoms with Crippen LogP contribution in [0.3, 0.4) is 0 Å². The van der Waals surface area contributed by atoms with Gasteiger partial charge in [0.1, 0.15) is 11.6 Å². The zero-order valence-electron chi connectivity index (χ0n) is 11.1. The number of para-hydroxylation sites is 1. The monoisotopic (exact) mass is 245 g/mol. The molecule has 0 fully saturated rings. The predicted octanol–water partition coefficient (Wildman–Crippen LogP) is 1.93. The third-order valence-corrected chi connectivity index (χ3v) is 3.17. The summed E-state index contributed by atoms with van der Waals surface area (Å²) in [7, 11) is 5.67. The van der Waals surface area contributed by atoms with E-state index in [4.69, 9.17) is 4.74 Å². The quantitative estimate of drug-likeness (QED) is 0.875. The zero-order valence-corrected chi connectivity index (χ0v) is 11.1. The number of ether oxygens (including phenoxy) is 1. The molecule has 1 unspecified atom stereocenters. The number of aryl methyl sites for hydroxylation is 1. The molecule has 2 rings (SSSR count). The van der Waals surface area contributed by atoms with Crippen LogP contribution in [0.25, 0.3) is 0 Å². The van der Waals surface area contributed by atoms with Crippen molar-refractivity contribution in [2.45, 2.75) is 12.5 Å². The minimum absolute atomic E-state index is 0.197. The lowest BCUT2D eigenvalue weighted by atomic mass is 10.0. The van der Waals surface area contributed by atoms with Crippen LogP contribution in [0.5, 0.6) is 5.75 Å². The van der Waals surface area contributed by atoms with Crippen molar-refractivity contribution >= 4 is 0 Å². The summed E-state index contributed by atoms with van der Waals surface area (Å²) in [5, 5.41) is 3.33. The van der Waals surface area contributed by atoms with Gasteiger partial charge >= 0.3 is 0 Å². The fraction of sp³-hybridized carbons (Fsp3) is 0.357. The van der Waals surface area contributed by atoms with Crippen molar-refractivity contribution in [2.24, 2.45) is 7.05 Å². The van der Waals surface area contributed by atoms with E-state index in [1.807, 2.05) is 49.3 Å². The molecule has 0 radical (unpaired) electrons. The second-order valence-corrected chi connectivity index (χ2v) is 4.24. The zero-order chi connectivity index (χ0) is 13.0. The molecule has 1 aromatic heterocycles. The molecule has 0 aliphatic carbocycles. The van der Waals surface area contributed by atoms with E-state index < -0.39 is 0 Å². The van der Waals surface area contributed by atoms with E-state index in [1.165, 1.54) is 0 Å². The second-order valence-electron chi connectivity index (χ2n) is 4.24. The van der Waals surface area contributed by atoms with Gasteiger partial charge in [0.2, 0.25) is 0 Å². The van der Waals surface area contributed by atoms with Gasteiger partial charge in [-0.15, -0.1) is 0 Å². The van der Waals surface area contributed by atoms with Crippen LogP contribution >= 0.6 is 0 Å². The van der Waals surface area contributed by atoms with Gasteiger partial charge in [0.25, 0.3) is 0 Å². The summed E-state index contributed by atoms with van der Waals surface area (Å²) in [6, 6.07) is 8.28. The molecule has 0 aliphatic rings. The summed E-state index contributed by atoms with van der Waals surface area (Å²) >= 11 is 0. The van der Waals surface area contributed by atoms with E-state index in [1.54, 1.807) is 7.11 Å². The first-order chi connectivity index (χ1) is 8.76. The summed E-state index contributed by atoms with van der Waals surface area (Å²) in [5.74, 6) is 1.96. The second kappa shape index (κ2) is 5.69. The maximum atomic E-state index is 5.41. The van der Waals surface area contributed by atoms with Gasteiger partial charge in [-0.2, -0.15) is 0 Å². The molecule has 0 saturated carbocycles. The van der Waals surface area contributed by atoms with E-state index in [0.29, 0.717) is 0 Å². The number of nitrogens with one attached hydrogen (secondary N) is 1. The van der Waals surface area contributed by atoms with E-state index in [2.05, 4.69) is 16.4 Å². The van der Waals surface area contributed by atoms with Crippen LogP contribution in [0.4, 0.5) is 0 Å². The lowest BCUT2D eigenvalue weighted by molar-refractivity contribution is 0.400. The largest absolute Gasteiger partial charge is 0.496 e. The number of imidazole rings is 1. The Morgan fingerprint density at radius 2 is 2.17 bits per heavy atom. The fourth-order valence-electron chi connectivity index (χ4n) is 2.10. The molecule has 96 valence electrons. The van der Waals surface area contributed by atoms with Crippen LogP contribution < -0.4 is 10.1 Å². The smallest absolute Gasteiger partial charge is 0.123 e. The highest BCUT2D eigenvalue weighted by Gasteiger charge is 2.16. The lowest BCUT2D eigenvalue weighted by Crippen LogP contribution is -2.21.